The zero-order chi connectivity index (χ0) is 25.4. The molecule has 0 spiro atoms. The lowest BCUT2D eigenvalue weighted by atomic mass is 10.1. The molecule has 1 aliphatic heterocycles. The van der Waals surface area contributed by atoms with Gasteiger partial charge in [0.25, 0.3) is 0 Å². The number of carbonyl (C=O) groups excluding carboxylic acids is 1. The molecule has 1 aromatic heterocycles. The first-order valence-electron chi connectivity index (χ1n) is 10.5. The zero-order valence-electron chi connectivity index (χ0n) is 18.5. The number of nitrogens with zero attached hydrogens (tertiary/aromatic N) is 2. The van der Waals surface area contributed by atoms with Crippen molar-refractivity contribution in [3.63, 3.8) is 0 Å². The van der Waals surface area contributed by atoms with E-state index in [-0.39, 0.29) is 47.2 Å². The number of nitrogens with one attached hydrogen (secondary N) is 2. The van der Waals surface area contributed by atoms with E-state index < -0.39 is 15.9 Å². The number of benzene rings is 1. The molecule has 1 amide bonds. The topological polar surface area (TPSA) is 137 Å². The minimum absolute atomic E-state index is 0.00648. The fourth-order valence-electron chi connectivity index (χ4n) is 3.20. The minimum Gasteiger partial charge on any atom is -0.465 e. The van der Waals surface area contributed by atoms with Crippen LogP contribution in [0.4, 0.5) is 4.79 Å². The van der Waals surface area contributed by atoms with E-state index in [0.29, 0.717) is 29.8 Å². The number of thiophene rings is 1. The Labute approximate surface area is 216 Å². The number of ether oxygens (including phenoxy) is 1. The van der Waals surface area contributed by atoms with Gasteiger partial charge in [-0.1, -0.05) is 47.5 Å². The summed E-state index contributed by atoms with van der Waals surface area (Å²) in [6.45, 7) is 1.67. The first-order valence-corrected chi connectivity index (χ1v) is 13.7. The second-order valence-electron chi connectivity index (χ2n) is 7.48. The van der Waals surface area contributed by atoms with Crippen molar-refractivity contribution in [2.75, 3.05) is 45.3 Å². The monoisotopic (exact) mass is 562 g/mol. The van der Waals surface area contributed by atoms with Crippen LogP contribution in [0, 0.1) is 0 Å². The van der Waals surface area contributed by atoms with E-state index in [0.717, 1.165) is 22.5 Å². The average Bonchev–Trinajstić information content (AvgIpc) is 3.43. The highest BCUT2D eigenvalue weighted by molar-refractivity contribution is 7.91. The van der Waals surface area contributed by atoms with Crippen molar-refractivity contribution in [3.8, 4) is 0 Å². The molecule has 1 aromatic carbocycles. The summed E-state index contributed by atoms with van der Waals surface area (Å²) in [4.78, 5) is 28.7. The molecule has 0 bridgehead atoms. The van der Waals surface area contributed by atoms with E-state index >= 15 is 0 Å². The number of hydrogen-bond acceptors (Lipinski definition) is 9. The maximum absolute atomic E-state index is 12.2. The maximum Gasteiger partial charge on any atom is 0.413 e. The van der Waals surface area contributed by atoms with Crippen LogP contribution < -0.4 is 10.6 Å². The number of ketones is 1. The quantitative estimate of drug-likeness (QED) is 0.316. The van der Waals surface area contributed by atoms with Crippen LogP contribution >= 0.6 is 34.5 Å². The molecule has 0 atom stereocenters. The highest BCUT2D eigenvalue weighted by Crippen LogP contribution is 2.34. The molecule has 1 aliphatic rings. The largest absolute Gasteiger partial charge is 0.465 e. The third-order valence-electron chi connectivity index (χ3n) is 4.87. The fourth-order valence-corrected chi connectivity index (χ4v) is 6.58. The summed E-state index contributed by atoms with van der Waals surface area (Å²) in [6.07, 6.45) is -1.03. The number of carboxylic acid groups (broad SMARTS) is 1. The molecule has 0 unspecified atom stereocenters. The Morgan fingerprint density at radius 3 is 2.60 bits per heavy atom. The van der Waals surface area contributed by atoms with Gasteiger partial charge in [-0.2, -0.15) is 0 Å². The molecule has 2 aromatic rings. The number of amidine groups is 1. The molecule has 190 valence electrons. The zero-order valence-corrected chi connectivity index (χ0v) is 21.6. The van der Waals surface area contributed by atoms with Gasteiger partial charge in [-0.05, 0) is 11.6 Å². The number of carbonyl (C=O) groups is 2. The Morgan fingerprint density at radius 1 is 1.20 bits per heavy atom. The van der Waals surface area contributed by atoms with Crippen LogP contribution in [0.3, 0.4) is 0 Å². The molecule has 35 heavy (non-hydrogen) atoms. The Hall–Kier alpha value is -2.06. The molecule has 14 heteroatoms. The molecular formula is C21H24Cl2N4O6S2. The number of hydrogen-bond donors (Lipinski definition) is 3. The summed E-state index contributed by atoms with van der Waals surface area (Å²) in [6, 6.07) is 8.62. The van der Waals surface area contributed by atoms with Crippen molar-refractivity contribution in [2.45, 2.75) is 11.4 Å². The first-order chi connectivity index (χ1) is 16.7. The van der Waals surface area contributed by atoms with E-state index in [1.165, 1.54) is 11.0 Å². The fraction of sp³-hybridized carbons (Fsp3) is 0.381. The molecular weight excluding hydrogens is 539 g/mol. The number of amides is 1. The summed E-state index contributed by atoms with van der Waals surface area (Å²) < 4.78 is 30.2. The Morgan fingerprint density at radius 2 is 1.94 bits per heavy atom. The highest BCUT2D eigenvalue weighted by atomic mass is 35.5. The van der Waals surface area contributed by atoms with Crippen LogP contribution in [-0.4, -0.2) is 81.4 Å². The van der Waals surface area contributed by atoms with Gasteiger partial charge in [0.2, 0.25) is 0 Å². The summed E-state index contributed by atoms with van der Waals surface area (Å²) in [5.41, 5.74) is 1.65. The van der Waals surface area contributed by atoms with Crippen LogP contribution in [-0.2, 0) is 25.9 Å². The molecule has 10 nitrogen and oxygen atoms in total. The molecule has 0 aliphatic carbocycles. The van der Waals surface area contributed by atoms with Crippen LogP contribution in [0.5, 0.6) is 0 Å². The van der Waals surface area contributed by atoms with Gasteiger partial charge in [-0.15, -0.1) is 11.3 Å². The normalized spacial score (nSPS) is 13.8. The van der Waals surface area contributed by atoms with Gasteiger partial charge in [0.05, 0.1) is 35.5 Å². The Balaban J connectivity index is 1.29. The van der Waals surface area contributed by atoms with Crippen molar-refractivity contribution in [1.82, 2.24) is 15.5 Å². The van der Waals surface area contributed by atoms with E-state index in [4.69, 9.17) is 27.9 Å². The predicted molar refractivity (Wildman–Crippen MR) is 135 cm³/mol. The maximum atomic E-state index is 12.2. The number of rotatable bonds is 13. The molecule has 0 radical (unpaired) electrons. The van der Waals surface area contributed by atoms with Gasteiger partial charge in [0, 0.05) is 18.7 Å². The molecule has 0 fully saturated rings. The summed E-state index contributed by atoms with van der Waals surface area (Å²) in [7, 11) is -3.61. The SMILES string of the molecule is O=C(CNCc1ccc(C2=NCCN2C(=O)O)cc1)COCCNCS(=O)(=O)c1cc(Cl)sc1Cl. The molecule has 0 saturated heterocycles. The Bertz CT molecular complexity index is 1180. The summed E-state index contributed by atoms with van der Waals surface area (Å²) in [5, 5.41) is 15.0. The van der Waals surface area contributed by atoms with Gasteiger partial charge in [0.1, 0.15) is 22.7 Å². The second-order valence-corrected chi connectivity index (χ2v) is 11.7. The lowest BCUT2D eigenvalue weighted by molar-refractivity contribution is -0.122. The smallest absolute Gasteiger partial charge is 0.413 e. The number of halogens is 2. The predicted octanol–water partition coefficient (Wildman–Crippen LogP) is 2.49. The van der Waals surface area contributed by atoms with Gasteiger partial charge < -0.3 is 20.5 Å². The van der Waals surface area contributed by atoms with Crippen LogP contribution in [0.2, 0.25) is 8.67 Å². The number of Topliss-reactive ketones (excluding diaryl/α,β-unsaturated/α-hetero) is 1. The van der Waals surface area contributed by atoms with Crippen molar-refractivity contribution in [2.24, 2.45) is 4.99 Å². The van der Waals surface area contributed by atoms with E-state index in [1.807, 2.05) is 12.1 Å². The van der Waals surface area contributed by atoms with Crippen molar-refractivity contribution in [1.29, 1.82) is 0 Å². The van der Waals surface area contributed by atoms with E-state index in [2.05, 4.69) is 15.6 Å². The van der Waals surface area contributed by atoms with Crippen LogP contribution in [0.25, 0.3) is 0 Å². The summed E-state index contributed by atoms with van der Waals surface area (Å²) >= 11 is 12.7. The molecule has 3 N–H and O–H groups in total. The number of aliphatic imine (C=N–C) groups is 1. The van der Waals surface area contributed by atoms with Crippen molar-refractivity contribution in [3.05, 3.63) is 50.1 Å². The molecule has 2 heterocycles. The summed E-state index contributed by atoms with van der Waals surface area (Å²) in [5.74, 6) is -0.0264. The Kier molecular flexibility index (Phi) is 10.0. The minimum atomic E-state index is -3.61. The van der Waals surface area contributed by atoms with Gasteiger partial charge in [0.15, 0.2) is 15.6 Å². The van der Waals surface area contributed by atoms with Crippen LogP contribution in [0.15, 0.2) is 40.2 Å². The van der Waals surface area contributed by atoms with Gasteiger partial charge in [-0.3, -0.25) is 14.7 Å². The lowest BCUT2D eigenvalue weighted by Gasteiger charge is -2.14. The standard InChI is InChI=1S/C21H24Cl2N4O6S2/c22-18-9-17(19(23)34-18)35(31,32)13-24-6-8-33-12-16(28)11-25-10-14-1-3-15(4-2-14)20-26-5-7-27(20)21(29)30/h1-4,9,24-25H,5-8,10-13H2,(H,29,30). The first kappa shape index (κ1) is 27.5. The third-order valence-corrected chi connectivity index (χ3v) is 8.18. The van der Waals surface area contributed by atoms with Crippen molar-refractivity contribution < 1.29 is 27.9 Å². The van der Waals surface area contributed by atoms with Crippen LogP contribution in [0.1, 0.15) is 11.1 Å². The van der Waals surface area contributed by atoms with Gasteiger partial charge >= 0.3 is 6.09 Å². The van der Waals surface area contributed by atoms with Crippen molar-refractivity contribution >= 4 is 62.1 Å². The lowest BCUT2D eigenvalue weighted by Crippen LogP contribution is -2.33. The van der Waals surface area contributed by atoms with E-state index in [1.54, 1.807) is 12.1 Å². The second kappa shape index (κ2) is 12.8. The average molecular weight is 563 g/mol. The molecule has 0 saturated carbocycles. The molecule has 3 rings (SSSR count). The van der Waals surface area contributed by atoms with Gasteiger partial charge in [-0.25, -0.2) is 13.2 Å². The third kappa shape index (κ3) is 7.97. The number of sulfone groups is 1. The highest BCUT2D eigenvalue weighted by Gasteiger charge is 2.24. The van der Waals surface area contributed by atoms with E-state index in [9.17, 15) is 23.1 Å².